The lowest BCUT2D eigenvalue weighted by Gasteiger charge is -2.15. The van der Waals surface area contributed by atoms with E-state index >= 15 is 0 Å². The number of hydrogen-bond acceptors (Lipinski definition) is 2. The quantitative estimate of drug-likeness (QED) is 0.517. The molecule has 3 nitrogen and oxygen atoms in total. The van der Waals surface area contributed by atoms with Crippen molar-refractivity contribution in [2.75, 3.05) is 19.8 Å². The van der Waals surface area contributed by atoms with Gasteiger partial charge < -0.3 is 10.1 Å². The fourth-order valence-electron chi connectivity index (χ4n) is 1.39. The molecule has 1 aliphatic carbocycles. The maximum atomic E-state index is 11.3. The number of amides is 1. The molecule has 0 spiro atoms. The molecular weight excluding hydrogens is 190 g/mol. The van der Waals surface area contributed by atoms with Crippen LogP contribution in [0.4, 0.5) is 0 Å². The van der Waals surface area contributed by atoms with Gasteiger partial charge in [0, 0.05) is 19.6 Å². The zero-order valence-corrected chi connectivity index (χ0v) is 9.55. The summed E-state index contributed by atoms with van der Waals surface area (Å²) < 4.78 is 5.24. The standard InChI is InChI=1S/C12H21NO2/c1-2-9-15-10-7-12(14)13-8-6-11-4-3-5-11/h6H,2-5,7-10H2,1H3,(H,13,14). The van der Waals surface area contributed by atoms with Crippen molar-refractivity contribution in [1.29, 1.82) is 0 Å². The fourth-order valence-corrected chi connectivity index (χ4v) is 1.39. The van der Waals surface area contributed by atoms with E-state index in [1.165, 1.54) is 24.8 Å². The number of carbonyl (C=O) groups is 1. The Bertz CT molecular complexity index is 218. The third-order valence-electron chi connectivity index (χ3n) is 2.51. The number of rotatable bonds is 7. The van der Waals surface area contributed by atoms with Gasteiger partial charge >= 0.3 is 0 Å². The van der Waals surface area contributed by atoms with Crippen molar-refractivity contribution >= 4 is 5.91 Å². The van der Waals surface area contributed by atoms with Crippen molar-refractivity contribution in [3.63, 3.8) is 0 Å². The number of allylic oxidation sites excluding steroid dienone is 1. The number of carbonyl (C=O) groups excluding carboxylic acids is 1. The van der Waals surface area contributed by atoms with Gasteiger partial charge in [-0.2, -0.15) is 0 Å². The molecule has 0 bridgehead atoms. The van der Waals surface area contributed by atoms with Crippen molar-refractivity contribution < 1.29 is 9.53 Å². The molecule has 0 aliphatic heterocycles. The average molecular weight is 211 g/mol. The predicted octanol–water partition coefficient (Wildman–Crippen LogP) is 2.03. The van der Waals surface area contributed by atoms with E-state index in [9.17, 15) is 4.79 Å². The van der Waals surface area contributed by atoms with Crippen LogP contribution in [0.15, 0.2) is 11.6 Å². The molecule has 0 unspecified atom stereocenters. The third-order valence-corrected chi connectivity index (χ3v) is 2.51. The van der Waals surface area contributed by atoms with Gasteiger partial charge in [0.25, 0.3) is 0 Å². The van der Waals surface area contributed by atoms with Gasteiger partial charge in [-0.1, -0.05) is 18.6 Å². The Labute approximate surface area is 91.9 Å². The first-order chi connectivity index (χ1) is 7.33. The maximum Gasteiger partial charge on any atom is 0.222 e. The second kappa shape index (κ2) is 7.46. The zero-order chi connectivity index (χ0) is 10.9. The van der Waals surface area contributed by atoms with Crippen LogP contribution >= 0.6 is 0 Å². The van der Waals surface area contributed by atoms with E-state index < -0.39 is 0 Å². The van der Waals surface area contributed by atoms with Gasteiger partial charge in [0.2, 0.25) is 5.91 Å². The first-order valence-electron chi connectivity index (χ1n) is 5.85. The highest BCUT2D eigenvalue weighted by molar-refractivity contribution is 5.76. The lowest BCUT2D eigenvalue weighted by molar-refractivity contribution is -0.121. The highest BCUT2D eigenvalue weighted by Crippen LogP contribution is 2.24. The fraction of sp³-hybridized carbons (Fsp3) is 0.750. The summed E-state index contributed by atoms with van der Waals surface area (Å²) in [4.78, 5) is 11.3. The van der Waals surface area contributed by atoms with Crippen LogP contribution < -0.4 is 5.32 Å². The average Bonchev–Trinajstić information content (AvgIpc) is 2.17. The molecule has 86 valence electrons. The van der Waals surface area contributed by atoms with Gasteiger partial charge in [-0.3, -0.25) is 4.79 Å². The van der Waals surface area contributed by atoms with E-state index in [0.29, 0.717) is 19.6 Å². The monoisotopic (exact) mass is 211 g/mol. The molecule has 0 radical (unpaired) electrons. The summed E-state index contributed by atoms with van der Waals surface area (Å²) in [7, 11) is 0. The normalized spacial score (nSPS) is 14.6. The van der Waals surface area contributed by atoms with Gasteiger partial charge in [0.1, 0.15) is 0 Å². The molecule has 0 saturated heterocycles. The van der Waals surface area contributed by atoms with E-state index in [1.807, 2.05) is 0 Å². The van der Waals surface area contributed by atoms with Crippen LogP contribution in [0.3, 0.4) is 0 Å². The van der Waals surface area contributed by atoms with Crippen molar-refractivity contribution in [2.24, 2.45) is 0 Å². The Morgan fingerprint density at radius 3 is 2.87 bits per heavy atom. The molecule has 1 N–H and O–H groups in total. The molecule has 0 heterocycles. The van der Waals surface area contributed by atoms with Gasteiger partial charge in [-0.05, 0) is 25.7 Å². The summed E-state index contributed by atoms with van der Waals surface area (Å²) in [5.41, 5.74) is 1.48. The second-order valence-electron chi connectivity index (χ2n) is 3.88. The van der Waals surface area contributed by atoms with Crippen LogP contribution in [-0.2, 0) is 9.53 Å². The van der Waals surface area contributed by atoms with Gasteiger partial charge in [0.05, 0.1) is 6.61 Å². The smallest absolute Gasteiger partial charge is 0.222 e. The molecular formula is C12H21NO2. The predicted molar refractivity (Wildman–Crippen MR) is 60.7 cm³/mol. The van der Waals surface area contributed by atoms with E-state index in [1.54, 1.807) is 0 Å². The highest BCUT2D eigenvalue weighted by Gasteiger charge is 2.07. The molecule has 0 atom stereocenters. The Morgan fingerprint density at radius 1 is 1.47 bits per heavy atom. The minimum Gasteiger partial charge on any atom is -0.381 e. The third kappa shape index (κ3) is 5.57. The van der Waals surface area contributed by atoms with Crippen LogP contribution in [-0.4, -0.2) is 25.7 Å². The number of nitrogens with one attached hydrogen (secondary N) is 1. The lowest BCUT2D eigenvalue weighted by Crippen LogP contribution is -2.25. The SMILES string of the molecule is CCCOCCC(=O)NCC=C1CCC1. The summed E-state index contributed by atoms with van der Waals surface area (Å²) >= 11 is 0. The summed E-state index contributed by atoms with van der Waals surface area (Å²) in [5, 5.41) is 2.86. The van der Waals surface area contributed by atoms with Crippen LogP contribution in [0.2, 0.25) is 0 Å². The van der Waals surface area contributed by atoms with E-state index in [4.69, 9.17) is 4.74 Å². The van der Waals surface area contributed by atoms with Crippen molar-refractivity contribution in [3.8, 4) is 0 Å². The second-order valence-corrected chi connectivity index (χ2v) is 3.88. The Hall–Kier alpha value is -0.830. The van der Waals surface area contributed by atoms with Crippen molar-refractivity contribution in [2.45, 2.75) is 39.0 Å². The lowest BCUT2D eigenvalue weighted by atomic mass is 9.92. The van der Waals surface area contributed by atoms with E-state index in [2.05, 4.69) is 18.3 Å². The minimum absolute atomic E-state index is 0.0854. The summed E-state index contributed by atoms with van der Waals surface area (Å²) in [6.07, 6.45) is 7.36. The largest absolute Gasteiger partial charge is 0.381 e. The molecule has 3 heteroatoms. The minimum atomic E-state index is 0.0854. The molecule has 1 saturated carbocycles. The summed E-state index contributed by atoms with van der Waals surface area (Å²) in [6.45, 7) is 4.03. The van der Waals surface area contributed by atoms with Crippen LogP contribution in [0.5, 0.6) is 0 Å². The number of ether oxygens (including phenoxy) is 1. The first kappa shape index (κ1) is 12.2. The molecule has 1 amide bonds. The van der Waals surface area contributed by atoms with Gasteiger partial charge in [0.15, 0.2) is 0 Å². The van der Waals surface area contributed by atoms with Gasteiger partial charge in [-0.25, -0.2) is 0 Å². The first-order valence-corrected chi connectivity index (χ1v) is 5.85. The van der Waals surface area contributed by atoms with Crippen molar-refractivity contribution in [3.05, 3.63) is 11.6 Å². The molecule has 1 fully saturated rings. The zero-order valence-electron chi connectivity index (χ0n) is 9.55. The van der Waals surface area contributed by atoms with E-state index in [0.717, 1.165) is 13.0 Å². The van der Waals surface area contributed by atoms with Crippen molar-refractivity contribution in [1.82, 2.24) is 5.32 Å². The highest BCUT2D eigenvalue weighted by atomic mass is 16.5. The van der Waals surface area contributed by atoms with E-state index in [-0.39, 0.29) is 5.91 Å². The molecule has 0 aromatic carbocycles. The Morgan fingerprint density at radius 2 is 2.27 bits per heavy atom. The summed E-state index contributed by atoms with van der Waals surface area (Å²) in [5.74, 6) is 0.0854. The Balaban J connectivity index is 1.93. The van der Waals surface area contributed by atoms with Crippen LogP contribution in [0.1, 0.15) is 39.0 Å². The molecule has 0 aromatic heterocycles. The molecule has 0 aromatic rings. The van der Waals surface area contributed by atoms with Gasteiger partial charge in [-0.15, -0.1) is 0 Å². The molecule has 15 heavy (non-hydrogen) atoms. The van der Waals surface area contributed by atoms with Crippen LogP contribution in [0, 0.1) is 0 Å². The maximum absolute atomic E-state index is 11.3. The molecule has 1 aliphatic rings. The number of hydrogen-bond donors (Lipinski definition) is 1. The van der Waals surface area contributed by atoms with Crippen LogP contribution in [0.25, 0.3) is 0 Å². The Kier molecular flexibility index (Phi) is 6.09. The molecule has 1 rings (SSSR count). The topological polar surface area (TPSA) is 38.3 Å². The summed E-state index contributed by atoms with van der Waals surface area (Å²) in [6, 6.07) is 0.